The summed E-state index contributed by atoms with van der Waals surface area (Å²) in [5, 5.41) is 9.15. The molecule has 0 saturated carbocycles. The van der Waals surface area contributed by atoms with Crippen LogP contribution in [0.4, 0.5) is 0 Å². The molecule has 5 nitrogen and oxygen atoms in total. The van der Waals surface area contributed by atoms with E-state index in [1.165, 1.54) is 0 Å². The van der Waals surface area contributed by atoms with Gasteiger partial charge in [-0.15, -0.1) is 0 Å². The molecular weight excluding hydrogens is 224 g/mol. The van der Waals surface area contributed by atoms with Crippen molar-refractivity contribution in [3.05, 3.63) is 35.4 Å². The lowest BCUT2D eigenvalue weighted by Gasteiger charge is -2.13. The summed E-state index contributed by atoms with van der Waals surface area (Å²) in [6.45, 7) is 0. The van der Waals surface area contributed by atoms with Crippen LogP contribution in [0.25, 0.3) is 0 Å². The number of rotatable bonds is 2. The first-order chi connectivity index (χ1) is 7.54. The van der Waals surface area contributed by atoms with Gasteiger partial charge in [-0.3, -0.25) is 4.79 Å². The molecule has 4 N–H and O–H groups in total. The van der Waals surface area contributed by atoms with Crippen LogP contribution in [0.2, 0.25) is 0 Å². The molecule has 1 amide bonds. The van der Waals surface area contributed by atoms with E-state index in [1.807, 2.05) is 6.07 Å². The number of amides is 1. The van der Waals surface area contributed by atoms with Crippen LogP contribution in [0.15, 0.2) is 24.3 Å². The molecule has 0 atom stereocenters. The topological polar surface area (TPSA) is 96.1 Å². The molecule has 0 heterocycles. The summed E-state index contributed by atoms with van der Waals surface area (Å²) in [7, 11) is 0. The van der Waals surface area contributed by atoms with Gasteiger partial charge in [-0.05, 0) is 29.9 Å². The largest absolute Gasteiger partial charge is 0.375 e. The Morgan fingerprint density at radius 3 is 2.44 bits per heavy atom. The lowest BCUT2D eigenvalue weighted by Crippen LogP contribution is -2.46. The molecule has 0 aliphatic rings. The Labute approximate surface area is 98.2 Å². The predicted molar refractivity (Wildman–Crippen MR) is 62.7 cm³/mol. The third-order valence-corrected chi connectivity index (χ3v) is 2.14. The van der Waals surface area contributed by atoms with Crippen LogP contribution in [0.5, 0.6) is 0 Å². The summed E-state index contributed by atoms with van der Waals surface area (Å²) in [5.74, 6) is 4.94. The Bertz CT molecular complexity index is 449. The molecule has 0 fully saturated rings. The SMILES string of the molecule is N#Cc1ccc(CC(=O)N(N)C(N)=S)cc1. The van der Waals surface area contributed by atoms with Gasteiger partial charge in [0.2, 0.25) is 5.91 Å². The van der Waals surface area contributed by atoms with E-state index in [9.17, 15) is 4.79 Å². The fourth-order valence-electron chi connectivity index (χ4n) is 1.08. The van der Waals surface area contributed by atoms with Gasteiger partial charge in [0, 0.05) is 0 Å². The Hall–Kier alpha value is -1.97. The monoisotopic (exact) mass is 234 g/mol. The number of hydrogen-bond acceptors (Lipinski definition) is 4. The first-order valence-corrected chi connectivity index (χ1v) is 4.81. The van der Waals surface area contributed by atoms with Gasteiger partial charge >= 0.3 is 0 Å². The predicted octanol–water partition coefficient (Wildman–Crippen LogP) is 0.0467. The van der Waals surface area contributed by atoms with Crippen molar-refractivity contribution in [3.8, 4) is 6.07 Å². The van der Waals surface area contributed by atoms with E-state index < -0.39 is 5.91 Å². The van der Waals surface area contributed by atoms with Crippen molar-refractivity contribution >= 4 is 23.2 Å². The smallest absolute Gasteiger partial charge is 0.247 e. The Balaban J connectivity index is 2.71. The zero-order valence-electron chi connectivity index (χ0n) is 8.38. The van der Waals surface area contributed by atoms with Crippen LogP contribution in [0, 0.1) is 11.3 Å². The second-order valence-corrected chi connectivity index (χ2v) is 3.51. The first-order valence-electron chi connectivity index (χ1n) is 4.40. The van der Waals surface area contributed by atoms with Crippen molar-refractivity contribution in [1.29, 1.82) is 5.26 Å². The van der Waals surface area contributed by atoms with Gasteiger partial charge in [-0.25, -0.2) is 10.9 Å². The molecule has 0 unspecified atom stereocenters. The summed E-state index contributed by atoms with van der Waals surface area (Å²) in [6, 6.07) is 8.61. The zero-order valence-corrected chi connectivity index (χ0v) is 9.20. The molecule has 1 aromatic carbocycles. The maximum atomic E-state index is 11.5. The third kappa shape index (κ3) is 3.02. The highest BCUT2D eigenvalue weighted by Gasteiger charge is 2.12. The second kappa shape index (κ2) is 5.21. The quantitative estimate of drug-likeness (QED) is 0.326. The van der Waals surface area contributed by atoms with Crippen LogP contribution in [-0.4, -0.2) is 16.0 Å². The van der Waals surface area contributed by atoms with Gasteiger partial charge < -0.3 is 5.73 Å². The van der Waals surface area contributed by atoms with Crippen LogP contribution in [-0.2, 0) is 11.2 Å². The van der Waals surface area contributed by atoms with Crippen LogP contribution >= 0.6 is 12.2 Å². The molecule has 1 aromatic rings. The van der Waals surface area contributed by atoms with Crippen molar-refractivity contribution in [3.63, 3.8) is 0 Å². The molecule has 1 rings (SSSR count). The molecule has 0 spiro atoms. The Kier molecular flexibility index (Phi) is 3.94. The molecule has 0 radical (unpaired) electrons. The lowest BCUT2D eigenvalue weighted by atomic mass is 10.1. The molecule has 0 aliphatic carbocycles. The van der Waals surface area contributed by atoms with Gasteiger partial charge in [-0.2, -0.15) is 5.26 Å². The number of nitriles is 1. The van der Waals surface area contributed by atoms with E-state index in [0.29, 0.717) is 5.56 Å². The van der Waals surface area contributed by atoms with E-state index in [4.69, 9.17) is 16.8 Å². The molecule has 82 valence electrons. The van der Waals surface area contributed by atoms with Gasteiger partial charge in [0.15, 0.2) is 5.11 Å². The van der Waals surface area contributed by atoms with Crippen LogP contribution in [0.1, 0.15) is 11.1 Å². The van der Waals surface area contributed by atoms with E-state index in [2.05, 4.69) is 12.2 Å². The normalized spacial score (nSPS) is 9.25. The number of nitrogens with zero attached hydrogens (tertiary/aromatic N) is 2. The maximum absolute atomic E-state index is 11.5. The molecule has 0 aliphatic heterocycles. The van der Waals surface area contributed by atoms with Crippen LogP contribution < -0.4 is 11.6 Å². The summed E-state index contributed by atoms with van der Waals surface area (Å²) < 4.78 is 0. The third-order valence-electron chi connectivity index (χ3n) is 1.94. The number of hydrazine groups is 1. The first kappa shape index (κ1) is 12.1. The van der Waals surface area contributed by atoms with Crippen molar-refractivity contribution in [2.45, 2.75) is 6.42 Å². The van der Waals surface area contributed by atoms with Crippen molar-refractivity contribution < 1.29 is 4.79 Å². The number of carbonyl (C=O) groups excluding carboxylic acids is 1. The highest BCUT2D eigenvalue weighted by atomic mass is 32.1. The van der Waals surface area contributed by atoms with Gasteiger partial charge in [0.05, 0.1) is 18.1 Å². The van der Waals surface area contributed by atoms with Crippen molar-refractivity contribution in [1.82, 2.24) is 5.01 Å². The minimum absolute atomic E-state index is 0.0968. The van der Waals surface area contributed by atoms with Crippen molar-refractivity contribution in [2.24, 2.45) is 11.6 Å². The van der Waals surface area contributed by atoms with Gasteiger partial charge in [-0.1, -0.05) is 12.1 Å². The molecule has 0 saturated heterocycles. The highest BCUT2D eigenvalue weighted by molar-refractivity contribution is 7.80. The van der Waals surface area contributed by atoms with Gasteiger partial charge in [0.25, 0.3) is 0 Å². The Morgan fingerprint density at radius 2 is 2.00 bits per heavy atom. The summed E-state index contributed by atoms with van der Waals surface area (Å²) in [6.07, 6.45) is 0.0968. The molecule has 0 bridgehead atoms. The number of hydrogen-bond donors (Lipinski definition) is 2. The minimum atomic E-state index is -0.391. The number of nitrogens with two attached hydrogens (primary N) is 2. The zero-order chi connectivity index (χ0) is 12.1. The minimum Gasteiger partial charge on any atom is -0.375 e. The average Bonchev–Trinajstić information content (AvgIpc) is 2.28. The fourth-order valence-corrected chi connectivity index (χ4v) is 1.18. The number of benzene rings is 1. The standard InChI is InChI=1S/C10H10N4OS/c11-6-8-3-1-7(2-4-8)5-9(15)14(13)10(12)16/h1-4H,5,13H2,(H2,12,16). The molecule has 16 heavy (non-hydrogen) atoms. The van der Waals surface area contributed by atoms with E-state index in [-0.39, 0.29) is 11.5 Å². The summed E-state index contributed by atoms with van der Waals surface area (Å²) in [4.78, 5) is 11.5. The summed E-state index contributed by atoms with van der Waals surface area (Å²) >= 11 is 4.57. The Morgan fingerprint density at radius 1 is 1.44 bits per heavy atom. The van der Waals surface area contributed by atoms with E-state index >= 15 is 0 Å². The average molecular weight is 234 g/mol. The number of carbonyl (C=O) groups is 1. The van der Waals surface area contributed by atoms with E-state index in [0.717, 1.165) is 10.6 Å². The van der Waals surface area contributed by atoms with Crippen molar-refractivity contribution in [2.75, 3.05) is 0 Å². The maximum Gasteiger partial charge on any atom is 0.247 e. The highest BCUT2D eigenvalue weighted by Crippen LogP contribution is 2.05. The molecule has 0 aromatic heterocycles. The number of thiocarbonyl (C=S) groups is 1. The van der Waals surface area contributed by atoms with E-state index in [1.54, 1.807) is 24.3 Å². The molecule has 6 heteroatoms. The fraction of sp³-hybridized carbons (Fsp3) is 0.100. The summed E-state index contributed by atoms with van der Waals surface area (Å²) in [5.41, 5.74) is 6.49. The van der Waals surface area contributed by atoms with Gasteiger partial charge in [0.1, 0.15) is 0 Å². The lowest BCUT2D eigenvalue weighted by molar-refractivity contribution is -0.126. The van der Waals surface area contributed by atoms with Crippen LogP contribution in [0.3, 0.4) is 0 Å². The molecular formula is C10H10N4OS. The second-order valence-electron chi connectivity index (χ2n) is 3.09.